The fourth-order valence-corrected chi connectivity index (χ4v) is 4.03. The van der Waals surface area contributed by atoms with Gasteiger partial charge in [-0.1, -0.05) is 0 Å². The number of methoxy groups -OCH3 is 1. The Bertz CT molecular complexity index is 1240. The summed E-state index contributed by atoms with van der Waals surface area (Å²) in [6.45, 7) is 0.752. The van der Waals surface area contributed by atoms with Crippen LogP contribution >= 0.6 is 0 Å². The number of nitrogens with zero attached hydrogens (tertiary/aromatic N) is 7. The first kappa shape index (κ1) is 18.4. The van der Waals surface area contributed by atoms with Crippen LogP contribution in [0.2, 0.25) is 0 Å². The molecule has 31 heavy (non-hydrogen) atoms. The molecule has 1 saturated carbocycles. The van der Waals surface area contributed by atoms with E-state index >= 15 is 0 Å². The van der Waals surface area contributed by atoms with Crippen molar-refractivity contribution in [1.29, 1.82) is 0 Å². The first-order valence-electron chi connectivity index (χ1n) is 10.6. The normalized spacial score (nSPS) is 19.1. The van der Waals surface area contributed by atoms with E-state index in [-0.39, 0.29) is 6.23 Å². The van der Waals surface area contributed by atoms with Crippen molar-refractivity contribution >= 4 is 11.0 Å². The molecule has 2 aliphatic rings. The highest BCUT2D eigenvalue weighted by molar-refractivity contribution is 5.83. The lowest BCUT2D eigenvalue weighted by Crippen LogP contribution is -2.20. The van der Waals surface area contributed by atoms with Gasteiger partial charge < -0.3 is 14.5 Å². The zero-order valence-corrected chi connectivity index (χ0v) is 17.2. The summed E-state index contributed by atoms with van der Waals surface area (Å²) < 4.78 is 11.3. The molecule has 0 aromatic carbocycles. The van der Waals surface area contributed by atoms with Crippen molar-refractivity contribution in [2.24, 2.45) is 0 Å². The number of rotatable bonds is 5. The molecule has 4 aromatic heterocycles. The van der Waals surface area contributed by atoms with Gasteiger partial charge in [-0.15, -0.1) is 5.10 Å². The summed E-state index contributed by atoms with van der Waals surface area (Å²) in [6, 6.07) is 1.98. The third-order valence-electron chi connectivity index (χ3n) is 5.79. The van der Waals surface area contributed by atoms with Crippen LogP contribution in [0, 0.1) is 0 Å². The number of aromatic amines is 1. The summed E-state index contributed by atoms with van der Waals surface area (Å²) in [4.78, 5) is 23.1. The molecule has 1 aliphatic carbocycles. The van der Waals surface area contributed by atoms with Gasteiger partial charge in [0.2, 0.25) is 5.88 Å². The number of fused-ring (bicyclic) bond motifs is 1. The first-order chi connectivity index (χ1) is 15.3. The number of hydrogen-bond donors (Lipinski definition) is 1. The van der Waals surface area contributed by atoms with Gasteiger partial charge >= 0.3 is 0 Å². The van der Waals surface area contributed by atoms with Crippen molar-refractivity contribution in [2.45, 2.75) is 44.2 Å². The second kappa shape index (κ2) is 7.38. The highest BCUT2D eigenvalue weighted by Gasteiger charge is 2.31. The lowest BCUT2D eigenvalue weighted by Gasteiger charge is -2.21. The van der Waals surface area contributed by atoms with Crippen molar-refractivity contribution in [3.05, 3.63) is 30.5 Å². The fraction of sp³-hybridized carbons (Fsp3) is 0.429. The molecule has 10 nitrogen and oxygen atoms in total. The predicted molar refractivity (Wildman–Crippen MR) is 111 cm³/mol. The lowest BCUT2D eigenvalue weighted by molar-refractivity contribution is -0.0479. The van der Waals surface area contributed by atoms with E-state index in [1.54, 1.807) is 30.6 Å². The third kappa shape index (κ3) is 3.32. The van der Waals surface area contributed by atoms with E-state index in [0.717, 1.165) is 72.4 Å². The van der Waals surface area contributed by atoms with Gasteiger partial charge in [-0.3, -0.25) is 0 Å². The van der Waals surface area contributed by atoms with E-state index in [2.05, 4.69) is 30.1 Å². The highest BCUT2D eigenvalue weighted by atomic mass is 16.5. The molecule has 158 valence electrons. The maximum absolute atomic E-state index is 5.78. The zero-order chi connectivity index (χ0) is 20.8. The predicted octanol–water partition coefficient (Wildman–Crippen LogP) is 3.26. The van der Waals surface area contributed by atoms with Crippen LogP contribution in [0.5, 0.6) is 5.88 Å². The molecular formula is C21H22N8O2. The van der Waals surface area contributed by atoms with Gasteiger partial charge in [0.15, 0.2) is 12.1 Å². The van der Waals surface area contributed by atoms with E-state index in [1.165, 1.54) is 0 Å². The van der Waals surface area contributed by atoms with Gasteiger partial charge in [-0.25, -0.2) is 19.9 Å². The molecule has 1 aliphatic heterocycles. The number of hydrogen-bond acceptors (Lipinski definition) is 8. The Morgan fingerprint density at radius 1 is 1.13 bits per heavy atom. The SMILES string of the molecule is COc1ncnc(C2CC2)c1-c1ncc2cc(-c3cnn(C4CCCCO4)n3)[nH]c2n1. The van der Waals surface area contributed by atoms with Crippen molar-refractivity contribution in [3.8, 4) is 28.7 Å². The highest BCUT2D eigenvalue weighted by Crippen LogP contribution is 2.44. The average molecular weight is 418 g/mol. The van der Waals surface area contributed by atoms with Crippen LogP contribution in [0.1, 0.15) is 49.9 Å². The minimum Gasteiger partial charge on any atom is -0.480 e. The van der Waals surface area contributed by atoms with Crippen LogP contribution in [0.25, 0.3) is 33.8 Å². The maximum atomic E-state index is 5.78. The summed E-state index contributed by atoms with van der Waals surface area (Å²) in [5.74, 6) is 1.47. The number of aromatic nitrogens is 8. The standard InChI is InChI=1S/C21H22N8O2/c1-30-21-17(18(12-5-6-12)23-11-24-21)20-22-9-13-8-14(26-19(13)27-20)15-10-25-29(28-15)16-4-2-3-7-31-16/h8-12,16H,2-7H2,1H3,(H,22,26,27). The van der Waals surface area contributed by atoms with Gasteiger partial charge in [0.1, 0.15) is 23.2 Å². The third-order valence-corrected chi connectivity index (χ3v) is 5.79. The number of ether oxygens (including phenoxy) is 2. The molecule has 0 amide bonds. The van der Waals surface area contributed by atoms with Crippen LogP contribution in [-0.2, 0) is 4.74 Å². The molecule has 1 atom stereocenters. The maximum Gasteiger partial charge on any atom is 0.227 e. The minimum absolute atomic E-state index is 0.0929. The van der Waals surface area contributed by atoms with Crippen molar-refractivity contribution in [1.82, 2.24) is 39.9 Å². The summed E-state index contributed by atoms with van der Waals surface area (Å²) in [6.07, 6.45) is 10.4. The van der Waals surface area contributed by atoms with Crippen molar-refractivity contribution < 1.29 is 9.47 Å². The topological polar surface area (TPSA) is 117 Å². The molecule has 1 saturated heterocycles. The molecule has 0 spiro atoms. The Kier molecular flexibility index (Phi) is 4.37. The second-order valence-corrected chi connectivity index (χ2v) is 7.97. The molecule has 0 radical (unpaired) electrons. The molecule has 10 heteroatoms. The minimum atomic E-state index is -0.0929. The Balaban J connectivity index is 1.36. The van der Waals surface area contributed by atoms with Gasteiger partial charge in [0.05, 0.1) is 24.7 Å². The quantitative estimate of drug-likeness (QED) is 0.525. The number of H-pyrrole nitrogens is 1. The van der Waals surface area contributed by atoms with Crippen molar-refractivity contribution in [3.63, 3.8) is 0 Å². The summed E-state index contributed by atoms with van der Waals surface area (Å²) in [5.41, 5.74) is 4.02. The molecule has 1 N–H and O–H groups in total. The second-order valence-electron chi connectivity index (χ2n) is 7.97. The molecule has 5 heterocycles. The summed E-state index contributed by atoms with van der Waals surface area (Å²) in [7, 11) is 1.60. The lowest BCUT2D eigenvalue weighted by atomic mass is 10.1. The molecule has 4 aromatic rings. The van der Waals surface area contributed by atoms with E-state index in [9.17, 15) is 0 Å². The van der Waals surface area contributed by atoms with Gasteiger partial charge in [-0.2, -0.15) is 9.90 Å². The van der Waals surface area contributed by atoms with Crippen LogP contribution in [0.4, 0.5) is 0 Å². The Morgan fingerprint density at radius 3 is 2.87 bits per heavy atom. The first-order valence-corrected chi connectivity index (χ1v) is 10.6. The summed E-state index contributed by atoms with van der Waals surface area (Å²) >= 11 is 0. The monoisotopic (exact) mass is 418 g/mol. The molecule has 2 fully saturated rings. The molecule has 1 unspecified atom stereocenters. The zero-order valence-electron chi connectivity index (χ0n) is 17.2. The van der Waals surface area contributed by atoms with Crippen LogP contribution in [-0.4, -0.2) is 53.6 Å². The molecule has 0 bridgehead atoms. The molecule has 6 rings (SSSR count). The van der Waals surface area contributed by atoms with E-state index in [0.29, 0.717) is 17.6 Å². The summed E-state index contributed by atoms with van der Waals surface area (Å²) in [5, 5.41) is 9.91. The van der Waals surface area contributed by atoms with Crippen LogP contribution in [0.3, 0.4) is 0 Å². The van der Waals surface area contributed by atoms with E-state index < -0.39 is 0 Å². The van der Waals surface area contributed by atoms with Gasteiger partial charge in [0.25, 0.3) is 0 Å². The van der Waals surface area contributed by atoms with E-state index in [1.807, 2.05) is 6.07 Å². The van der Waals surface area contributed by atoms with Gasteiger partial charge in [-0.05, 0) is 38.2 Å². The fourth-order valence-electron chi connectivity index (χ4n) is 4.03. The Hall–Kier alpha value is -3.40. The Labute approximate surface area is 178 Å². The Morgan fingerprint density at radius 2 is 2.06 bits per heavy atom. The smallest absolute Gasteiger partial charge is 0.227 e. The van der Waals surface area contributed by atoms with Crippen LogP contribution < -0.4 is 4.74 Å². The largest absolute Gasteiger partial charge is 0.480 e. The van der Waals surface area contributed by atoms with E-state index in [4.69, 9.17) is 14.5 Å². The van der Waals surface area contributed by atoms with Crippen LogP contribution in [0.15, 0.2) is 24.8 Å². The molecular weight excluding hydrogens is 396 g/mol. The number of nitrogens with one attached hydrogen (secondary N) is 1. The van der Waals surface area contributed by atoms with Crippen molar-refractivity contribution in [2.75, 3.05) is 13.7 Å². The average Bonchev–Trinajstić information content (AvgIpc) is 3.39. The van der Waals surface area contributed by atoms with Gasteiger partial charge in [0, 0.05) is 24.1 Å².